The van der Waals surface area contributed by atoms with Crippen molar-refractivity contribution >= 4 is 11.6 Å². The van der Waals surface area contributed by atoms with Crippen molar-refractivity contribution in [3.8, 4) is 11.8 Å². The van der Waals surface area contributed by atoms with E-state index in [9.17, 15) is 4.79 Å². The molecule has 0 fully saturated rings. The number of rotatable bonds is 4. The Morgan fingerprint density at radius 2 is 1.89 bits per heavy atom. The third kappa shape index (κ3) is 3.47. The van der Waals surface area contributed by atoms with Crippen LogP contribution in [-0.4, -0.2) is 13.0 Å². The average Bonchev–Trinajstić information content (AvgIpc) is 2.33. The fraction of sp³-hybridized carbons (Fsp3) is 0.467. The van der Waals surface area contributed by atoms with Crippen LogP contribution >= 0.6 is 0 Å². The van der Waals surface area contributed by atoms with Crippen LogP contribution in [0.4, 0.5) is 5.69 Å². The van der Waals surface area contributed by atoms with E-state index in [1.165, 1.54) is 0 Å². The number of hydrogen-bond donors (Lipinski definition) is 1. The highest BCUT2D eigenvalue weighted by molar-refractivity contribution is 5.95. The Labute approximate surface area is 114 Å². The topological polar surface area (TPSA) is 62.1 Å². The number of nitrogens with zero attached hydrogens (tertiary/aromatic N) is 1. The summed E-state index contributed by atoms with van der Waals surface area (Å²) in [5, 5.41) is 11.8. The molecular weight excluding hydrogens is 240 g/mol. The first-order chi connectivity index (χ1) is 8.90. The normalized spacial score (nSPS) is 11.8. The lowest BCUT2D eigenvalue weighted by Crippen LogP contribution is -2.25. The molecule has 0 aromatic heterocycles. The third-order valence-electron chi connectivity index (χ3n) is 3.16. The van der Waals surface area contributed by atoms with Gasteiger partial charge in [0.05, 0.1) is 18.9 Å². The molecule has 0 saturated carbocycles. The summed E-state index contributed by atoms with van der Waals surface area (Å²) in [4.78, 5) is 12.1. The van der Waals surface area contributed by atoms with Gasteiger partial charge in [-0.15, -0.1) is 0 Å². The van der Waals surface area contributed by atoms with Gasteiger partial charge in [0.1, 0.15) is 11.7 Å². The summed E-state index contributed by atoms with van der Waals surface area (Å²) < 4.78 is 5.26. The summed E-state index contributed by atoms with van der Waals surface area (Å²) in [6.07, 6.45) is 0. The molecule has 1 N–H and O–H groups in total. The zero-order valence-electron chi connectivity index (χ0n) is 12.1. The van der Waals surface area contributed by atoms with Crippen molar-refractivity contribution in [1.82, 2.24) is 0 Å². The van der Waals surface area contributed by atoms with E-state index in [0.717, 1.165) is 11.1 Å². The first-order valence-electron chi connectivity index (χ1n) is 6.26. The molecule has 0 heterocycles. The van der Waals surface area contributed by atoms with Crippen LogP contribution in [0.3, 0.4) is 0 Å². The quantitative estimate of drug-likeness (QED) is 0.905. The number of anilines is 1. The summed E-state index contributed by atoms with van der Waals surface area (Å²) in [5.74, 6) is -0.371. The van der Waals surface area contributed by atoms with E-state index in [1.807, 2.05) is 45.9 Å². The molecule has 1 unspecified atom stereocenters. The predicted molar refractivity (Wildman–Crippen MR) is 75.0 cm³/mol. The van der Waals surface area contributed by atoms with Crippen LogP contribution in [0.5, 0.6) is 5.75 Å². The molecule has 0 radical (unpaired) electrons. The fourth-order valence-electron chi connectivity index (χ4n) is 1.78. The van der Waals surface area contributed by atoms with Crippen LogP contribution in [0.25, 0.3) is 0 Å². The van der Waals surface area contributed by atoms with E-state index in [2.05, 4.69) is 5.32 Å². The van der Waals surface area contributed by atoms with Crippen molar-refractivity contribution < 1.29 is 9.53 Å². The zero-order valence-corrected chi connectivity index (χ0v) is 12.1. The molecular formula is C15H20N2O2. The summed E-state index contributed by atoms with van der Waals surface area (Å²) in [6, 6.07) is 5.77. The molecule has 0 spiro atoms. The van der Waals surface area contributed by atoms with Gasteiger partial charge in [0.25, 0.3) is 0 Å². The number of amides is 1. The van der Waals surface area contributed by atoms with Crippen molar-refractivity contribution in [3.63, 3.8) is 0 Å². The molecule has 0 aliphatic rings. The molecule has 0 aliphatic heterocycles. The highest BCUT2D eigenvalue weighted by atomic mass is 16.5. The molecule has 19 heavy (non-hydrogen) atoms. The van der Waals surface area contributed by atoms with E-state index in [1.54, 1.807) is 7.11 Å². The summed E-state index contributed by atoms with van der Waals surface area (Å²) in [6.45, 7) is 7.65. The molecule has 1 amide bonds. The molecule has 1 rings (SSSR count). The lowest BCUT2D eigenvalue weighted by molar-refractivity contribution is -0.119. The predicted octanol–water partition coefficient (Wildman–Crippen LogP) is 3.05. The van der Waals surface area contributed by atoms with Crippen molar-refractivity contribution in [2.75, 3.05) is 12.4 Å². The maximum atomic E-state index is 12.1. The molecule has 1 atom stereocenters. The number of carbonyl (C=O) groups is 1. The Bertz CT molecular complexity index is 516. The molecule has 0 aliphatic carbocycles. The SMILES string of the molecule is COc1cc(C)c(C)cc1NC(=O)C(C#N)C(C)C. The monoisotopic (exact) mass is 260 g/mol. The van der Waals surface area contributed by atoms with Crippen LogP contribution in [0.15, 0.2) is 12.1 Å². The van der Waals surface area contributed by atoms with Gasteiger partial charge in [0, 0.05) is 0 Å². The Balaban J connectivity index is 3.03. The number of benzene rings is 1. The van der Waals surface area contributed by atoms with Gasteiger partial charge in [-0.25, -0.2) is 0 Å². The van der Waals surface area contributed by atoms with Crippen molar-refractivity contribution in [1.29, 1.82) is 5.26 Å². The van der Waals surface area contributed by atoms with Gasteiger partial charge in [0.15, 0.2) is 0 Å². The highest BCUT2D eigenvalue weighted by Gasteiger charge is 2.22. The van der Waals surface area contributed by atoms with Crippen molar-refractivity contribution in [2.24, 2.45) is 11.8 Å². The van der Waals surface area contributed by atoms with E-state index in [0.29, 0.717) is 11.4 Å². The lowest BCUT2D eigenvalue weighted by atomic mass is 9.96. The van der Waals surface area contributed by atoms with E-state index in [-0.39, 0.29) is 11.8 Å². The second kappa shape index (κ2) is 6.24. The van der Waals surface area contributed by atoms with Crippen molar-refractivity contribution in [2.45, 2.75) is 27.7 Å². The van der Waals surface area contributed by atoms with Gasteiger partial charge in [-0.2, -0.15) is 5.26 Å². The Kier molecular flexibility index (Phi) is 4.94. The van der Waals surface area contributed by atoms with Crippen LogP contribution in [0.2, 0.25) is 0 Å². The second-order valence-electron chi connectivity index (χ2n) is 4.98. The average molecular weight is 260 g/mol. The molecule has 102 valence electrons. The van der Waals surface area contributed by atoms with E-state index < -0.39 is 5.92 Å². The molecule has 4 heteroatoms. The summed E-state index contributed by atoms with van der Waals surface area (Å²) in [5.41, 5.74) is 2.76. The summed E-state index contributed by atoms with van der Waals surface area (Å²) in [7, 11) is 1.56. The zero-order chi connectivity index (χ0) is 14.6. The first kappa shape index (κ1) is 15.0. The van der Waals surface area contributed by atoms with Gasteiger partial charge >= 0.3 is 0 Å². The molecule has 0 saturated heterocycles. The minimum atomic E-state index is -0.661. The minimum absolute atomic E-state index is 0.0254. The highest BCUT2D eigenvalue weighted by Crippen LogP contribution is 2.28. The largest absolute Gasteiger partial charge is 0.495 e. The Morgan fingerprint density at radius 3 is 2.37 bits per heavy atom. The molecule has 4 nitrogen and oxygen atoms in total. The van der Waals surface area contributed by atoms with Gasteiger partial charge < -0.3 is 10.1 Å². The van der Waals surface area contributed by atoms with Crippen LogP contribution in [0, 0.1) is 37.0 Å². The molecule has 1 aromatic rings. The van der Waals surface area contributed by atoms with Crippen LogP contribution < -0.4 is 10.1 Å². The Morgan fingerprint density at radius 1 is 1.32 bits per heavy atom. The van der Waals surface area contributed by atoms with E-state index >= 15 is 0 Å². The number of nitriles is 1. The fourth-order valence-corrected chi connectivity index (χ4v) is 1.78. The number of hydrogen-bond acceptors (Lipinski definition) is 3. The first-order valence-corrected chi connectivity index (χ1v) is 6.26. The lowest BCUT2D eigenvalue weighted by Gasteiger charge is -2.16. The number of ether oxygens (including phenoxy) is 1. The smallest absolute Gasteiger partial charge is 0.242 e. The second-order valence-corrected chi connectivity index (χ2v) is 4.98. The maximum Gasteiger partial charge on any atom is 0.242 e. The van der Waals surface area contributed by atoms with Gasteiger partial charge in [-0.1, -0.05) is 13.8 Å². The molecule has 1 aromatic carbocycles. The van der Waals surface area contributed by atoms with Crippen LogP contribution in [-0.2, 0) is 4.79 Å². The Hall–Kier alpha value is -2.02. The maximum absolute atomic E-state index is 12.1. The van der Waals surface area contributed by atoms with Gasteiger partial charge in [-0.05, 0) is 43.0 Å². The van der Waals surface area contributed by atoms with Crippen molar-refractivity contribution in [3.05, 3.63) is 23.3 Å². The molecule has 0 bridgehead atoms. The number of aryl methyl sites for hydroxylation is 2. The third-order valence-corrected chi connectivity index (χ3v) is 3.16. The van der Waals surface area contributed by atoms with Gasteiger partial charge in [0.2, 0.25) is 5.91 Å². The number of methoxy groups -OCH3 is 1. The number of carbonyl (C=O) groups excluding carboxylic acids is 1. The summed E-state index contributed by atoms with van der Waals surface area (Å²) >= 11 is 0. The number of nitrogens with one attached hydrogen (secondary N) is 1. The van der Waals surface area contributed by atoms with Gasteiger partial charge in [-0.3, -0.25) is 4.79 Å². The van der Waals surface area contributed by atoms with E-state index in [4.69, 9.17) is 10.00 Å². The van der Waals surface area contributed by atoms with Crippen LogP contribution in [0.1, 0.15) is 25.0 Å². The standard InChI is InChI=1S/C15H20N2O2/c1-9(2)12(8-16)15(18)17-13-6-10(3)11(4)7-14(13)19-5/h6-7,9,12H,1-5H3,(H,17,18). The minimum Gasteiger partial charge on any atom is -0.495 e.